The maximum Gasteiger partial charge on any atom is 0.250 e. The van der Waals surface area contributed by atoms with Gasteiger partial charge in [0.1, 0.15) is 4.21 Å². The predicted octanol–water partition coefficient (Wildman–Crippen LogP) is 2.51. The van der Waals surface area contributed by atoms with Crippen LogP contribution in [0.2, 0.25) is 4.34 Å². The Bertz CT molecular complexity index is 466. The van der Waals surface area contributed by atoms with Gasteiger partial charge in [0.05, 0.1) is 4.34 Å². The van der Waals surface area contributed by atoms with Crippen molar-refractivity contribution in [3.05, 3.63) is 16.0 Å². The summed E-state index contributed by atoms with van der Waals surface area (Å²) in [7, 11) is -3.50. The standard InChI is InChI=1S/C11H19ClN2O2S2/c1-3-4-5-9(7-13)14-18(15,16)10-6-8(2)11(12)17-10/h6,9,14H,3-5,7,13H2,1-2H3. The van der Waals surface area contributed by atoms with Crippen molar-refractivity contribution in [2.24, 2.45) is 5.73 Å². The van der Waals surface area contributed by atoms with Crippen LogP contribution < -0.4 is 10.5 Å². The molecule has 0 radical (unpaired) electrons. The van der Waals surface area contributed by atoms with Crippen LogP contribution in [0.5, 0.6) is 0 Å². The van der Waals surface area contributed by atoms with E-state index in [4.69, 9.17) is 17.3 Å². The zero-order valence-electron chi connectivity index (χ0n) is 10.6. The molecule has 0 spiro atoms. The number of unbranched alkanes of at least 4 members (excludes halogenated alkanes) is 1. The highest BCUT2D eigenvalue weighted by Gasteiger charge is 2.21. The smallest absolute Gasteiger partial charge is 0.250 e. The fourth-order valence-electron chi connectivity index (χ4n) is 1.52. The summed E-state index contributed by atoms with van der Waals surface area (Å²) in [6.45, 7) is 4.15. The Labute approximate surface area is 118 Å². The number of nitrogens with one attached hydrogen (secondary N) is 1. The van der Waals surface area contributed by atoms with Gasteiger partial charge in [-0.2, -0.15) is 0 Å². The first-order valence-corrected chi connectivity index (χ1v) is 8.56. The average Bonchev–Trinajstić information content (AvgIpc) is 2.66. The van der Waals surface area contributed by atoms with Gasteiger partial charge in [0, 0.05) is 12.6 Å². The van der Waals surface area contributed by atoms with Crippen molar-refractivity contribution in [3.63, 3.8) is 0 Å². The maximum atomic E-state index is 12.1. The van der Waals surface area contributed by atoms with E-state index in [0.717, 1.165) is 36.2 Å². The fraction of sp³-hybridized carbons (Fsp3) is 0.636. The van der Waals surface area contributed by atoms with E-state index in [1.54, 1.807) is 13.0 Å². The van der Waals surface area contributed by atoms with Gasteiger partial charge in [-0.15, -0.1) is 11.3 Å². The minimum absolute atomic E-state index is 0.212. The van der Waals surface area contributed by atoms with Gasteiger partial charge < -0.3 is 5.73 Å². The molecule has 1 atom stereocenters. The summed E-state index contributed by atoms with van der Waals surface area (Å²) < 4.78 is 27.6. The summed E-state index contributed by atoms with van der Waals surface area (Å²) in [4.78, 5) is 0. The van der Waals surface area contributed by atoms with Crippen molar-refractivity contribution >= 4 is 33.0 Å². The molecule has 1 unspecified atom stereocenters. The van der Waals surface area contributed by atoms with Gasteiger partial charge in [-0.05, 0) is 25.0 Å². The highest BCUT2D eigenvalue weighted by atomic mass is 35.5. The molecule has 0 bridgehead atoms. The van der Waals surface area contributed by atoms with Crippen LogP contribution in [0.15, 0.2) is 10.3 Å². The Hall–Kier alpha value is -0.140. The number of halogens is 1. The number of aryl methyl sites for hydroxylation is 1. The van der Waals surface area contributed by atoms with Gasteiger partial charge in [0.2, 0.25) is 10.0 Å². The SMILES string of the molecule is CCCCC(CN)NS(=O)(=O)c1cc(C)c(Cl)s1. The molecule has 3 N–H and O–H groups in total. The third-order valence-corrected chi connectivity index (χ3v) is 6.16. The molecule has 7 heteroatoms. The Kier molecular flexibility index (Phi) is 6.07. The number of nitrogens with two attached hydrogens (primary N) is 1. The van der Waals surface area contributed by atoms with E-state index in [0.29, 0.717) is 10.9 Å². The molecule has 0 fully saturated rings. The lowest BCUT2D eigenvalue weighted by atomic mass is 10.1. The molecular weight excluding hydrogens is 292 g/mol. The molecule has 0 aliphatic carbocycles. The van der Waals surface area contributed by atoms with Crippen molar-refractivity contribution < 1.29 is 8.42 Å². The molecule has 0 saturated carbocycles. The van der Waals surface area contributed by atoms with Gasteiger partial charge in [-0.1, -0.05) is 31.4 Å². The summed E-state index contributed by atoms with van der Waals surface area (Å²) in [5.41, 5.74) is 6.36. The van der Waals surface area contributed by atoms with Crippen molar-refractivity contribution in [2.75, 3.05) is 6.54 Å². The molecule has 1 heterocycles. The van der Waals surface area contributed by atoms with Crippen LogP contribution in [0.25, 0.3) is 0 Å². The quantitative estimate of drug-likeness (QED) is 0.812. The van der Waals surface area contributed by atoms with Crippen molar-refractivity contribution in [3.8, 4) is 0 Å². The van der Waals surface area contributed by atoms with E-state index in [1.165, 1.54) is 0 Å². The fourth-order valence-corrected chi connectivity index (χ4v) is 4.52. The van der Waals surface area contributed by atoms with Gasteiger partial charge in [0.15, 0.2) is 0 Å². The van der Waals surface area contributed by atoms with E-state index in [1.807, 2.05) is 0 Å². The van der Waals surface area contributed by atoms with Crippen LogP contribution in [0.1, 0.15) is 31.7 Å². The van der Waals surface area contributed by atoms with Gasteiger partial charge in [0.25, 0.3) is 0 Å². The molecule has 18 heavy (non-hydrogen) atoms. The topological polar surface area (TPSA) is 72.2 Å². The van der Waals surface area contributed by atoms with Crippen LogP contribution in [-0.4, -0.2) is 21.0 Å². The summed E-state index contributed by atoms with van der Waals surface area (Å²) >= 11 is 6.96. The Morgan fingerprint density at radius 3 is 2.67 bits per heavy atom. The zero-order chi connectivity index (χ0) is 13.8. The van der Waals surface area contributed by atoms with Crippen molar-refractivity contribution in [2.45, 2.75) is 43.4 Å². The van der Waals surface area contributed by atoms with Crippen LogP contribution >= 0.6 is 22.9 Å². The van der Waals surface area contributed by atoms with Gasteiger partial charge in [-0.3, -0.25) is 0 Å². The molecule has 1 aromatic rings. The minimum Gasteiger partial charge on any atom is -0.329 e. The molecule has 1 aromatic heterocycles. The summed E-state index contributed by atoms with van der Waals surface area (Å²) in [5.74, 6) is 0. The molecule has 0 amide bonds. The predicted molar refractivity (Wildman–Crippen MR) is 76.8 cm³/mol. The Balaban J connectivity index is 2.80. The molecule has 0 saturated heterocycles. The molecule has 0 aliphatic heterocycles. The first-order chi connectivity index (χ1) is 8.40. The average molecular weight is 311 g/mol. The van der Waals surface area contributed by atoms with E-state index in [9.17, 15) is 8.42 Å². The van der Waals surface area contributed by atoms with Crippen LogP contribution in [0.4, 0.5) is 0 Å². The monoisotopic (exact) mass is 310 g/mol. The lowest BCUT2D eigenvalue weighted by Gasteiger charge is -2.15. The van der Waals surface area contributed by atoms with Gasteiger partial charge in [-0.25, -0.2) is 13.1 Å². The Morgan fingerprint density at radius 2 is 2.22 bits per heavy atom. The van der Waals surface area contributed by atoms with Crippen LogP contribution in [-0.2, 0) is 10.0 Å². The second-order valence-corrected chi connectivity index (χ2v) is 7.81. The second-order valence-electron chi connectivity index (χ2n) is 4.22. The highest BCUT2D eigenvalue weighted by Crippen LogP contribution is 2.30. The molecule has 104 valence electrons. The third kappa shape index (κ3) is 4.20. The van der Waals surface area contributed by atoms with Crippen LogP contribution in [0, 0.1) is 6.92 Å². The van der Waals surface area contributed by atoms with E-state index in [-0.39, 0.29) is 10.3 Å². The van der Waals surface area contributed by atoms with Crippen molar-refractivity contribution in [1.82, 2.24) is 4.72 Å². The molecule has 0 aliphatic rings. The maximum absolute atomic E-state index is 12.1. The van der Waals surface area contributed by atoms with E-state index >= 15 is 0 Å². The number of thiophene rings is 1. The molecule has 4 nitrogen and oxygen atoms in total. The number of sulfonamides is 1. The largest absolute Gasteiger partial charge is 0.329 e. The van der Waals surface area contributed by atoms with E-state index < -0.39 is 10.0 Å². The van der Waals surface area contributed by atoms with Gasteiger partial charge >= 0.3 is 0 Å². The summed E-state index contributed by atoms with van der Waals surface area (Å²) in [5, 5.41) is 0. The minimum atomic E-state index is -3.50. The Morgan fingerprint density at radius 1 is 1.56 bits per heavy atom. The summed E-state index contributed by atoms with van der Waals surface area (Å²) in [6.07, 6.45) is 2.72. The lowest BCUT2D eigenvalue weighted by Crippen LogP contribution is -2.39. The number of hydrogen-bond acceptors (Lipinski definition) is 4. The lowest BCUT2D eigenvalue weighted by molar-refractivity contribution is 0.517. The highest BCUT2D eigenvalue weighted by molar-refractivity contribution is 7.91. The first-order valence-electron chi connectivity index (χ1n) is 5.89. The molecule has 0 aromatic carbocycles. The third-order valence-electron chi connectivity index (χ3n) is 2.61. The summed E-state index contributed by atoms with van der Waals surface area (Å²) in [6, 6.07) is 1.37. The molecular formula is C11H19ClN2O2S2. The van der Waals surface area contributed by atoms with E-state index in [2.05, 4.69) is 11.6 Å². The second kappa shape index (κ2) is 6.86. The number of hydrogen-bond donors (Lipinski definition) is 2. The normalized spacial score (nSPS) is 13.8. The van der Waals surface area contributed by atoms with Crippen molar-refractivity contribution in [1.29, 1.82) is 0 Å². The number of rotatable bonds is 7. The van der Waals surface area contributed by atoms with Crippen LogP contribution in [0.3, 0.4) is 0 Å². The molecule has 1 rings (SSSR count). The first kappa shape index (κ1) is 15.9. The zero-order valence-corrected chi connectivity index (χ0v) is 13.0.